The van der Waals surface area contributed by atoms with Crippen molar-refractivity contribution in [3.05, 3.63) is 54.1 Å². The molecule has 0 aromatic heterocycles. The highest BCUT2D eigenvalue weighted by Crippen LogP contribution is 2.28. The number of ether oxygens (including phenoxy) is 2. The summed E-state index contributed by atoms with van der Waals surface area (Å²) in [5.74, 6) is 1.16. The summed E-state index contributed by atoms with van der Waals surface area (Å²) in [5.41, 5.74) is 1.35. The third kappa shape index (κ3) is 4.05. The van der Waals surface area contributed by atoms with Crippen molar-refractivity contribution in [1.29, 1.82) is 0 Å². The SMILES string of the molecule is CC/C(=N/NS(=O)(=O)c1ccccc1)c1ccc(OC)c(OC)c1. The summed E-state index contributed by atoms with van der Waals surface area (Å²) in [6.07, 6.45) is 0.548. The molecule has 0 aliphatic carbocycles. The minimum atomic E-state index is -3.70. The van der Waals surface area contributed by atoms with Crippen molar-refractivity contribution in [3.63, 3.8) is 0 Å². The first-order valence-electron chi connectivity index (χ1n) is 7.37. The van der Waals surface area contributed by atoms with Crippen molar-refractivity contribution in [3.8, 4) is 11.5 Å². The first-order valence-corrected chi connectivity index (χ1v) is 8.86. The molecule has 2 rings (SSSR count). The first-order chi connectivity index (χ1) is 11.5. The van der Waals surface area contributed by atoms with Gasteiger partial charge in [0, 0.05) is 5.56 Å². The van der Waals surface area contributed by atoms with E-state index in [1.165, 1.54) is 12.1 Å². The van der Waals surface area contributed by atoms with Gasteiger partial charge in [-0.3, -0.25) is 0 Å². The lowest BCUT2D eigenvalue weighted by Gasteiger charge is -2.11. The molecule has 0 saturated heterocycles. The van der Waals surface area contributed by atoms with Gasteiger partial charge in [0.15, 0.2) is 11.5 Å². The van der Waals surface area contributed by atoms with Gasteiger partial charge in [0.05, 0.1) is 24.8 Å². The highest BCUT2D eigenvalue weighted by Gasteiger charge is 2.13. The molecule has 0 heterocycles. The Bertz CT molecular complexity index is 818. The van der Waals surface area contributed by atoms with Crippen molar-refractivity contribution in [2.45, 2.75) is 18.2 Å². The molecule has 0 aliphatic heterocycles. The van der Waals surface area contributed by atoms with Gasteiger partial charge in [-0.2, -0.15) is 18.4 Å². The fraction of sp³-hybridized carbons (Fsp3) is 0.235. The second-order valence-electron chi connectivity index (χ2n) is 4.89. The molecule has 0 atom stereocenters. The Kier molecular flexibility index (Phi) is 5.81. The summed E-state index contributed by atoms with van der Waals surface area (Å²) < 4.78 is 35.0. The number of methoxy groups -OCH3 is 2. The van der Waals surface area contributed by atoms with E-state index >= 15 is 0 Å². The number of nitrogens with one attached hydrogen (secondary N) is 1. The second-order valence-corrected chi connectivity index (χ2v) is 6.55. The summed E-state index contributed by atoms with van der Waals surface area (Å²) >= 11 is 0. The molecule has 0 unspecified atom stereocenters. The molecule has 0 aliphatic rings. The standard InChI is InChI=1S/C17H20N2O4S/c1-4-15(13-10-11-16(22-2)17(12-13)23-3)18-19-24(20,21)14-8-6-5-7-9-14/h5-12,19H,4H2,1-3H3/b18-15-. The lowest BCUT2D eigenvalue weighted by Crippen LogP contribution is -2.20. The van der Waals surface area contributed by atoms with Crippen LogP contribution in [0.25, 0.3) is 0 Å². The molecule has 0 spiro atoms. The highest BCUT2D eigenvalue weighted by atomic mass is 32.2. The Morgan fingerprint density at radius 1 is 1.04 bits per heavy atom. The van der Waals surface area contributed by atoms with Gasteiger partial charge < -0.3 is 9.47 Å². The molecular formula is C17H20N2O4S. The zero-order chi connectivity index (χ0) is 17.6. The van der Waals surface area contributed by atoms with Crippen molar-refractivity contribution in [2.75, 3.05) is 14.2 Å². The van der Waals surface area contributed by atoms with Gasteiger partial charge in [-0.25, -0.2) is 0 Å². The summed E-state index contributed by atoms with van der Waals surface area (Å²) in [6, 6.07) is 13.4. The van der Waals surface area contributed by atoms with E-state index in [1.807, 2.05) is 6.92 Å². The van der Waals surface area contributed by atoms with Crippen LogP contribution in [0.4, 0.5) is 0 Å². The Labute approximate surface area is 142 Å². The molecule has 2 aromatic carbocycles. The van der Waals surface area contributed by atoms with E-state index in [0.717, 1.165) is 5.56 Å². The third-order valence-corrected chi connectivity index (χ3v) is 4.63. The van der Waals surface area contributed by atoms with Crippen LogP contribution in [0.2, 0.25) is 0 Å². The van der Waals surface area contributed by atoms with Gasteiger partial charge >= 0.3 is 0 Å². The van der Waals surface area contributed by atoms with E-state index in [1.54, 1.807) is 50.6 Å². The fourth-order valence-electron chi connectivity index (χ4n) is 2.13. The van der Waals surface area contributed by atoms with Gasteiger partial charge in [0.1, 0.15) is 0 Å². The maximum Gasteiger partial charge on any atom is 0.276 e. The summed E-state index contributed by atoms with van der Waals surface area (Å²) in [5, 5.41) is 4.07. The molecule has 1 N–H and O–H groups in total. The smallest absolute Gasteiger partial charge is 0.276 e. The van der Waals surface area contributed by atoms with Gasteiger partial charge in [-0.1, -0.05) is 25.1 Å². The molecule has 0 radical (unpaired) electrons. The molecule has 2 aromatic rings. The third-order valence-electron chi connectivity index (χ3n) is 3.41. The monoisotopic (exact) mass is 348 g/mol. The van der Waals surface area contributed by atoms with E-state index in [9.17, 15) is 8.42 Å². The van der Waals surface area contributed by atoms with Crippen LogP contribution in [0.5, 0.6) is 11.5 Å². The van der Waals surface area contributed by atoms with Crippen molar-refractivity contribution >= 4 is 15.7 Å². The maximum atomic E-state index is 12.2. The molecule has 24 heavy (non-hydrogen) atoms. The van der Waals surface area contributed by atoms with Crippen LogP contribution in [-0.4, -0.2) is 28.3 Å². The lowest BCUT2D eigenvalue weighted by molar-refractivity contribution is 0.355. The van der Waals surface area contributed by atoms with Crippen LogP contribution in [0.3, 0.4) is 0 Å². The number of nitrogens with zero attached hydrogens (tertiary/aromatic N) is 1. The van der Waals surface area contributed by atoms with E-state index in [0.29, 0.717) is 23.6 Å². The zero-order valence-corrected chi connectivity index (χ0v) is 14.6. The van der Waals surface area contributed by atoms with Gasteiger partial charge in [-0.15, -0.1) is 0 Å². The van der Waals surface area contributed by atoms with Gasteiger partial charge in [0.25, 0.3) is 10.0 Å². The van der Waals surface area contributed by atoms with Crippen LogP contribution in [0.15, 0.2) is 58.5 Å². The Morgan fingerprint density at radius 2 is 1.71 bits per heavy atom. The average molecular weight is 348 g/mol. The minimum absolute atomic E-state index is 0.163. The largest absolute Gasteiger partial charge is 0.493 e. The fourth-order valence-corrected chi connectivity index (χ4v) is 2.98. The van der Waals surface area contributed by atoms with Crippen LogP contribution in [-0.2, 0) is 10.0 Å². The highest BCUT2D eigenvalue weighted by molar-refractivity contribution is 7.89. The molecular weight excluding hydrogens is 328 g/mol. The lowest BCUT2D eigenvalue weighted by atomic mass is 10.1. The summed E-state index contributed by atoms with van der Waals surface area (Å²) in [6.45, 7) is 1.90. The number of benzene rings is 2. The minimum Gasteiger partial charge on any atom is -0.493 e. The molecule has 0 bridgehead atoms. The number of hydrazone groups is 1. The number of sulfonamides is 1. The average Bonchev–Trinajstić information content (AvgIpc) is 2.62. The summed E-state index contributed by atoms with van der Waals surface area (Å²) in [7, 11) is -0.595. The van der Waals surface area contributed by atoms with Crippen LogP contribution >= 0.6 is 0 Å². The Morgan fingerprint density at radius 3 is 2.29 bits per heavy atom. The van der Waals surface area contributed by atoms with Gasteiger partial charge in [0.2, 0.25) is 0 Å². The number of hydrogen-bond donors (Lipinski definition) is 1. The van der Waals surface area contributed by atoms with E-state index in [2.05, 4.69) is 9.93 Å². The van der Waals surface area contributed by atoms with E-state index in [-0.39, 0.29) is 4.90 Å². The first kappa shape index (κ1) is 17.8. The normalized spacial score (nSPS) is 11.9. The molecule has 0 amide bonds. The van der Waals surface area contributed by atoms with Gasteiger partial charge in [-0.05, 0) is 36.8 Å². The molecule has 6 nitrogen and oxygen atoms in total. The zero-order valence-electron chi connectivity index (χ0n) is 13.8. The number of hydrogen-bond acceptors (Lipinski definition) is 5. The number of rotatable bonds is 7. The second kappa shape index (κ2) is 7.83. The summed E-state index contributed by atoms with van der Waals surface area (Å²) in [4.78, 5) is 2.44. The van der Waals surface area contributed by atoms with Crippen molar-refractivity contribution < 1.29 is 17.9 Å². The van der Waals surface area contributed by atoms with Crippen LogP contribution in [0.1, 0.15) is 18.9 Å². The maximum absolute atomic E-state index is 12.2. The molecule has 7 heteroatoms. The van der Waals surface area contributed by atoms with Crippen molar-refractivity contribution in [2.24, 2.45) is 5.10 Å². The molecule has 128 valence electrons. The van der Waals surface area contributed by atoms with E-state index in [4.69, 9.17) is 9.47 Å². The van der Waals surface area contributed by atoms with Crippen LogP contribution in [0, 0.1) is 0 Å². The topological polar surface area (TPSA) is 77.0 Å². The molecule has 0 saturated carbocycles. The van der Waals surface area contributed by atoms with Crippen LogP contribution < -0.4 is 14.3 Å². The predicted octanol–water partition coefficient (Wildman–Crippen LogP) is 2.80. The Balaban J connectivity index is 2.30. The Hall–Kier alpha value is -2.54. The van der Waals surface area contributed by atoms with Crippen molar-refractivity contribution in [1.82, 2.24) is 4.83 Å². The predicted molar refractivity (Wildman–Crippen MR) is 93.1 cm³/mol. The van der Waals surface area contributed by atoms with E-state index < -0.39 is 10.0 Å². The molecule has 0 fully saturated rings. The quantitative estimate of drug-likeness (QED) is 0.616.